The van der Waals surface area contributed by atoms with E-state index in [2.05, 4.69) is 15.2 Å². The van der Waals surface area contributed by atoms with Gasteiger partial charge in [-0.3, -0.25) is 4.79 Å². The summed E-state index contributed by atoms with van der Waals surface area (Å²) in [4.78, 5) is 16.3. The van der Waals surface area contributed by atoms with E-state index in [9.17, 15) is 19.6 Å². The molecular weight excluding hydrogens is 553 g/mol. The Labute approximate surface area is 235 Å². The number of hydrogen-bond acceptors (Lipinski definition) is 11. The van der Waals surface area contributed by atoms with Gasteiger partial charge in [0.15, 0.2) is 17.7 Å². The topological polar surface area (TPSA) is 180 Å². The molecule has 13 nitrogen and oxygen atoms in total. The molecular formula is C27H30N5O8P. The zero-order valence-electron chi connectivity index (χ0n) is 22.5. The van der Waals surface area contributed by atoms with Gasteiger partial charge in [0.05, 0.1) is 12.3 Å². The van der Waals surface area contributed by atoms with E-state index < -0.39 is 37.6 Å². The average molecular weight is 584 g/mol. The number of aliphatic hydroxyl groups is 2. The number of fused-ring (bicyclic) bond motifs is 2. The minimum absolute atomic E-state index is 0.117. The third-order valence-electron chi connectivity index (χ3n) is 6.66. The van der Waals surface area contributed by atoms with Gasteiger partial charge >= 0.3 is 13.7 Å². The Morgan fingerprint density at radius 1 is 1.27 bits per heavy atom. The fourth-order valence-electron chi connectivity index (χ4n) is 4.54. The van der Waals surface area contributed by atoms with Crippen molar-refractivity contribution in [1.82, 2.24) is 19.7 Å². The van der Waals surface area contributed by atoms with Crippen LogP contribution in [-0.2, 0) is 23.4 Å². The fraction of sp³-hybridized carbons (Fsp3) is 0.296. The maximum atomic E-state index is 14.1. The number of esters is 1. The van der Waals surface area contributed by atoms with Crippen molar-refractivity contribution in [3.05, 3.63) is 78.6 Å². The summed E-state index contributed by atoms with van der Waals surface area (Å²) in [5, 5.41) is 30.4. The number of nitrogen functional groups attached to an aromatic ring is 1. The predicted octanol–water partition coefficient (Wildman–Crippen LogP) is 3.23. The second kappa shape index (κ2) is 11.0. The van der Waals surface area contributed by atoms with Crippen LogP contribution in [0.2, 0.25) is 0 Å². The summed E-state index contributed by atoms with van der Waals surface area (Å²) in [7, 11) is -4.37. The van der Waals surface area contributed by atoms with Crippen LogP contribution >= 0.6 is 7.75 Å². The Hall–Kier alpha value is -4.16. The van der Waals surface area contributed by atoms with Crippen molar-refractivity contribution in [2.45, 2.75) is 44.6 Å². The largest absolute Gasteiger partial charge is 0.513 e. The molecule has 1 saturated heterocycles. The molecule has 0 aliphatic carbocycles. The molecule has 41 heavy (non-hydrogen) atoms. The molecule has 14 heteroatoms. The lowest BCUT2D eigenvalue weighted by molar-refractivity contribution is -0.144. The van der Waals surface area contributed by atoms with Crippen molar-refractivity contribution in [2.75, 3.05) is 12.3 Å². The van der Waals surface area contributed by atoms with Crippen molar-refractivity contribution >= 4 is 35.8 Å². The highest BCUT2D eigenvalue weighted by Gasteiger charge is 2.52. The van der Waals surface area contributed by atoms with Crippen LogP contribution in [0, 0.1) is 0 Å². The predicted molar refractivity (Wildman–Crippen MR) is 148 cm³/mol. The summed E-state index contributed by atoms with van der Waals surface area (Å²) in [5.74, 6) is -0.462. The lowest BCUT2D eigenvalue weighted by atomic mass is 9.93. The Morgan fingerprint density at radius 2 is 2.02 bits per heavy atom. The highest BCUT2D eigenvalue weighted by Crippen LogP contribution is 2.49. The molecule has 0 saturated carbocycles. The minimum atomic E-state index is -4.37. The summed E-state index contributed by atoms with van der Waals surface area (Å²) in [6.07, 6.45) is -0.558. The van der Waals surface area contributed by atoms with Crippen LogP contribution < -0.4 is 15.3 Å². The number of rotatable bonds is 9. The van der Waals surface area contributed by atoms with E-state index in [4.69, 9.17) is 24.3 Å². The van der Waals surface area contributed by atoms with Gasteiger partial charge in [0, 0.05) is 5.39 Å². The maximum absolute atomic E-state index is 14.1. The lowest BCUT2D eigenvalue weighted by Crippen LogP contribution is -2.39. The number of aromatic nitrogens is 3. The summed E-state index contributed by atoms with van der Waals surface area (Å²) in [6, 6.07) is 14.7. The molecule has 0 unspecified atom stereocenters. The van der Waals surface area contributed by atoms with Gasteiger partial charge in [-0.1, -0.05) is 36.4 Å². The smallest absolute Gasteiger partial charge is 0.479 e. The number of ether oxygens (including phenoxy) is 2. The first kappa shape index (κ1) is 28.4. The Kier molecular flexibility index (Phi) is 7.62. The van der Waals surface area contributed by atoms with Gasteiger partial charge in [0.1, 0.15) is 41.6 Å². The van der Waals surface area contributed by atoms with E-state index >= 15 is 0 Å². The molecule has 216 valence electrons. The van der Waals surface area contributed by atoms with E-state index in [1.165, 1.54) is 24.7 Å². The minimum Gasteiger partial charge on any atom is -0.479 e. The van der Waals surface area contributed by atoms with Crippen LogP contribution in [0.25, 0.3) is 16.3 Å². The molecule has 5 rings (SSSR count). The molecule has 2 aromatic carbocycles. The van der Waals surface area contributed by atoms with Crippen LogP contribution in [0.3, 0.4) is 0 Å². The summed E-state index contributed by atoms with van der Waals surface area (Å²) in [5.41, 5.74) is 4.93. The van der Waals surface area contributed by atoms with Crippen LogP contribution in [0.1, 0.15) is 32.6 Å². The zero-order chi connectivity index (χ0) is 29.4. The van der Waals surface area contributed by atoms with Gasteiger partial charge in [-0.05, 0) is 44.4 Å². The van der Waals surface area contributed by atoms with Gasteiger partial charge in [0.25, 0.3) is 0 Å². The van der Waals surface area contributed by atoms with Gasteiger partial charge in [-0.15, -0.1) is 0 Å². The van der Waals surface area contributed by atoms with Crippen molar-refractivity contribution in [3.63, 3.8) is 0 Å². The van der Waals surface area contributed by atoms with Crippen LogP contribution in [0.5, 0.6) is 5.75 Å². The Balaban J connectivity index is 1.47. The molecule has 1 aliphatic rings. The number of nitrogens with two attached hydrogens (primary N) is 1. The van der Waals surface area contributed by atoms with Crippen LogP contribution in [0.15, 0.2) is 72.9 Å². The molecule has 5 atom stereocenters. The van der Waals surface area contributed by atoms with E-state index in [0.29, 0.717) is 16.6 Å². The summed E-state index contributed by atoms with van der Waals surface area (Å²) < 4.78 is 37.9. The number of aliphatic hydroxyl groups excluding tert-OH is 1. The number of nitrogens with one attached hydrogen (secondary N) is 1. The molecule has 0 spiro atoms. The van der Waals surface area contributed by atoms with Gasteiger partial charge in [0.2, 0.25) is 0 Å². The molecule has 0 radical (unpaired) electrons. The monoisotopic (exact) mass is 583 g/mol. The van der Waals surface area contributed by atoms with Gasteiger partial charge in [-0.2, -0.15) is 10.2 Å². The summed E-state index contributed by atoms with van der Waals surface area (Å²) >= 11 is 0. The molecule has 1 fully saturated rings. The van der Waals surface area contributed by atoms with Gasteiger partial charge in [-0.25, -0.2) is 14.1 Å². The Morgan fingerprint density at radius 3 is 2.80 bits per heavy atom. The molecule has 2 aromatic heterocycles. The molecule has 3 heterocycles. The third kappa shape index (κ3) is 5.44. The first-order valence-electron chi connectivity index (χ1n) is 12.8. The number of hydrogen-bond donors (Lipinski definition) is 4. The lowest BCUT2D eigenvalue weighted by Gasteiger charge is -2.24. The molecule has 1 aliphatic heterocycles. The number of benzene rings is 2. The highest BCUT2D eigenvalue weighted by atomic mass is 31.2. The average Bonchev–Trinajstić information content (AvgIpc) is 3.47. The van der Waals surface area contributed by atoms with Crippen molar-refractivity contribution < 1.29 is 38.1 Å². The standard InChI is InChI=1S/C27H30N5O8P/c1-4-37-26(34)16(2)31-41(36,40-21-11-7-9-17-8-5-6-10-18(17)21)38-14-22-23(33)27(3,35)24(39-22)19-12-13-20-25(28)29-15-30-32(19)20/h5-16,23-24,33,35H,4H2,1-3H3,(H,31,36)(H2,28,29,30)/b22-14+/t16-,23+,24-,27+,41-/m0/s1. The first-order chi connectivity index (χ1) is 19.5. The number of carbonyl (C=O) groups excluding carboxylic acids is 1. The van der Waals surface area contributed by atoms with E-state index in [1.807, 2.05) is 18.2 Å². The van der Waals surface area contributed by atoms with Crippen molar-refractivity contribution in [1.29, 1.82) is 0 Å². The molecule has 0 bridgehead atoms. The second-order valence-corrected chi connectivity index (χ2v) is 11.3. The van der Waals surface area contributed by atoms with Crippen molar-refractivity contribution in [2.24, 2.45) is 0 Å². The van der Waals surface area contributed by atoms with E-state index in [-0.39, 0.29) is 23.9 Å². The molecule has 5 N–H and O–H groups in total. The number of carbonyl (C=O) groups is 1. The highest BCUT2D eigenvalue weighted by molar-refractivity contribution is 7.52. The quantitative estimate of drug-likeness (QED) is 0.129. The normalized spacial score (nSPS) is 23.7. The fourth-order valence-corrected chi connectivity index (χ4v) is 5.93. The summed E-state index contributed by atoms with van der Waals surface area (Å²) in [6.45, 7) is 4.58. The SMILES string of the molecule is CCOC(=O)[C@H](C)N[P@](=O)(O/C=C1/O[C@@H](c2ccc3c(N)ncnn23)[C@](C)(O)[C@@H]1O)Oc1cccc2ccccc12. The van der Waals surface area contributed by atoms with E-state index in [1.54, 1.807) is 43.3 Å². The Bertz CT molecular complexity index is 1670. The molecule has 4 aromatic rings. The van der Waals surface area contributed by atoms with Crippen LogP contribution in [-0.4, -0.2) is 55.1 Å². The number of nitrogens with zero attached hydrogens (tertiary/aromatic N) is 3. The second-order valence-electron chi connectivity index (χ2n) is 9.62. The first-order valence-corrected chi connectivity index (χ1v) is 14.3. The maximum Gasteiger partial charge on any atom is 0.513 e. The molecule has 0 amide bonds. The number of anilines is 1. The van der Waals surface area contributed by atoms with Crippen LogP contribution in [0.4, 0.5) is 5.82 Å². The third-order valence-corrected chi connectivity index (χ3v) is 8.18. The van der Waals surface area contributed by atoms with Gasteiger partial charge < -0.3 is 34.5 Å². The zero-order valence-corrected chi connectivity index (χ0v) is 23.4. The van der Waals surface area contributed by atoms with Crippen molar-refractivity contribution in [3.8, 4) is 5.75 Å². The van der Waals surface area contributed by atoms with E-state index in [0.717, 1.165) is 11.6 Å².